The van der Waals surface area contributed by atoms with Crippen molar-refractivity contribution >= 4 is 6.29 Å². The minimum Gasteiger partial charge on any atom is -0.296 e. The average molecular weight is 220 g/mol. The van der Waals surface area contributed by atoms with Crippen LogP contribution in [0.15, 0.2) is 30.3 Å². The Hall–Kier alpha value is -2.17. The molecule has 2 aromatic rings. The molecule has 2 rings (SSSR count). The van der Waals surface area contributed by atoms with Gasteiger partial charge in [0.2, 0.25) is 0 Å². The van der Waals surface area contributed by atoms with Gasteiger partial charge in [0.1, 0.15) is 17.3 Å². The van der Waals surface area contributed by atoms with Crippen molar-refractivity contribution in [3.8, 4) is 11.3 Å². The fraction of sp³-hybridized carbons (Fsp3) is 0. The molecule has 0 saturated heterocycles. The molecule has 0 spiro atoms. The summed E-state index contributed by atoms with van der Waals surface area (Å²) in [5.41, 5.74) is 0.341. The number of carbonyl (C=O) groups excluding carboxylic acids is 1. The number of aromatic nitrogens is 2. The van der Waals surface area contributed by atoms with E-state index in [1.165, 1.54) is 12.1 Å². The summed E-state index contributed by atoms with van der Waals surface area (Å²) < 4.78 is 26.2. The van der Waals surface area contributed by atoms with Gasteiger partial charge < -0.3 is 0 Å². The highest BCUT2D eigenvalue weighted by atomic mass is 19.1. The van der Waals surface area contributed by atoms with Crippen LogP contribution in [0.25, 0.3) is 11.3 Å². The summed E-state index contributed by atoms with van der Waals surface area (Å²) >= 11 is 0. The van der Waals surface area contributed by atoms with Crippen molar-refractivity contribution in [2.24, 2.45) is 0 Å². The van der Waals surface area contributed by atoms with E-state index in [1.54, 1.807) is 0 Å². The molecule has 1 aromatic carbocycles. The number of halogens is 2. The number of hydrogen-bond acceptors (Lipinski definition) is 3. The van der Waals surface area contributed by atoms with E-state index in [2.05, 4.69) is 10.2 Å². The van der Waals surface area contributed by atoms with Gasteiger partial charge in [0, 0.05) is 5.56 Å². The lowest BCUT2D eigenvalue weighted by molar-refractivity contribution is 0.111. The Kier molecular flexibility index (Phi) is 2.68. The third-order valence-corrected chi connectivity index (χ3v) is 2.01. The smallest absolute Gasteiger partial charge is 0.170 e. The highest BCUT2D eigenvalue weighted by Gasteiger charge is 2.08. The Morgan fingerprint density at radius 3 is 2.50 bits per heavy atom. The van der Waals surface area contributed by atoms with Crippen LogP contribution in [-0.4, -0.2) is 16.5 Å². The first kappa shape index (κ1) is 10.4. The van der Waals surface area contributed by atoms with E-state index in [9.17, 15) is 13.6 Å². The molecule has 3 nitrogen and oxygen atoms in total. The van der Waals surface area contributed by atoms with Crippen molar-refractivity contribution in [1.29, 1.82) is 0 Å². The minimum absolute atomic E-state index is 0.0185. The molecular formula is C11H6F2N2O. The molecule has 0 amide bonds. The molecule has 80 valence electrons. The first-order chi connectivity index (χ1) is 7.70. The van der Waals surface area contributed by atoms with Crippen molar-refractivity contribution in [3.05, 3.63) is 47.7 Å². The van der Waals surface area contributed by atoms with E-state index < -0.39 is 11.6 Å². The predicted octanol–water partition coefficient (Wildman–Crippen LogP) is 2.23. The fourth-order valence-corrected chi connectivity index (χ4v) is 1.24. The maximum absolute atomic E-state index is 13.3. The van der Waals surface area contributed by atoms with Gasteiger partial charge in [-0.25, -0.2) is 8.78 Å². The Balaban J connectivity index is 2.49. The highest BCUT2D eigenvalue weighted by Crippen LogP contribution is 2.20. The largest absolute Gasteiger partial charge is 0.296 e. The minimum atomic E-state index is -0.588. The molecule has 16 heavy (non-hydrogen) atoms. The zero-order valence-electron chi connectivity index (χ0n) is 8.02. The predicted molar refractivity (Wildman–Crippen MR) is 52.8 cm³/mol. The molecule has 0 unspecified atom stereocenters. The molecule has 0 N–H and O–H groups in total. The summed E-state index contributed by atoms with van der Waals surface area (Å²) in [7, 11) is 0. The highest BCUT2D eigenvalue weighted by molar-refractivity contribution is 5.72. The monoisotopic (exact) mass is 220 g/mol. The summed E-state index contributed by atoms with van der Waals surface area (Å²) in [5, 5.41) is 7.17. The van der Waals surface area contributed by atoms with Gasteiger partial charge in [0.25, 0.3) is 0 Å². The van der Waals surface area contributed by atoms with Crippen molar-refractivity contribution in [1.82, 2.24) is 10.2 Å². The fourth-order valence-electron chi connectivity index (χ4n) is 1.24. The Bertz CT molecular complexity index is 526. The van der Waals surface area contributed by atoms with Gasteiger partial charge >= 0.3 is 0 Å². The zero-order valence-corrected chi connectivity index (χ0v) is 8.02. The maximum Gasteiger partial charge on any atom is 0.170 e. The second-order valence-corrected chi connectivity index (χ2v) is 3.09. The number of benzene rings is 1. The topological polar surface area (TPSA) is 42.9 Å². The van der Waals surface area contributed by atoms with Crippen molar-refractivity contribution < 1.29 is 13.6 Å². The summed E-state index contributed by atoms with van der Waals surface area (Å²) in [6, 6.07) is 5.86. The van der Waals surface area contributed by atoms with Crippen molar-refractivity contribution in [2.45, 2.75) is 0 Å². The molecule has 5 heteroatoms. The molecule has 0 saturated carbocycles. The first-order valence-electron chi connectivity index (χ1n) is 4.45. The molecule has 0 radical (unpaired) electrons. The Morgan fingerprint density at radius 2 is 1.88 bits per heavy atom. The lowest BCUT2D eigenvalue weighted by atomic mass is 10.1. The average Bonchev–Trinajstić information content (AvgIpc) is 2.32. The lowest BCUT2D eigenvalue weighted by Gasteiger charge is -2.01. The van der Waals surface area contributed by atoms with Crippen LogP contribution >= 0.6 is 0 Å². The SMILES string of the molecule is O=Cc1ccc(-c2cc(F)ccc2F)nn1. The van der Waals surface area contributed by atoms with Gasteiger partial charge in [0.05, 0.1) is 5.69 Å². The number of rotatable bonds is 2. The van der Waals surface area contributed by atoms with E-state index in [1.807, 2.05) is 0 Å². The molecule has 0 aliphatic heterocycles. The van der Waals surface area contributed by atoms with Crippen LogP contribution < -0.4 is 0 Å². The summed E-state index contributed by atoms with van der Waals surface area (Å²) in [6.07, 6.45) is 0.527. The van der Waals surface area contributed by atoms with Crippen LogP contribution in [0.4, 0.5) is 8.78 Å². The number of nitrogens with zero attached hydrogens (tertiary/aromatic N) is 2. The lowest BCUT2D eigenvalue weighted by Crippen LogP contribution is -1.94. The molecule has 1 aromatic heterocycles. The first-order valence-corrected chi connectivity index (χ1v) is 4.45. The summed E-state index contributed by atoms with van der Waals surface area (Å²) in [5.74, 6) is -1.15. The van der Waals surface area contributed by atoms with Crippen molar-refractivity contribution in [3.63, 3.8) is 0 Å². The van der Waals surface area contributed by atoms with Crippen LogP contribution in [0.5, 0.6) is 0 Å². The van der Waals surface area contributed by atoms with Gasteiger partial charge in [-0.3, -0.25) is 4.79 Å². The normalized spacial score (nSPS) is 10.1. The molecule has 0 atom stereocenters. The van der Waals surface area contributed by atoms with Crippen molar-refractivity contribution in [2.75, 3.05) is 0 Å². The Morgan fingerprint density at radius 1 is 1.06 bits per heavy atom. The van der Waals surface area contributed by atoms with Crippen LogP contribution in [0.1, 0.15) is 10.5 Å². The number of hydrogen-bond donors (Lipinski definition) is 0. The van der Waals surface area contributed by atoms with Gasteiger partial charge in [-0.15, -0.1) is 10.2 Å². The third-order valence-electron chi connectivity index (χ3n) is 2.01. The molecule has 0 aliphatic carbocycles. The van der Waals surface area contributed by atoms with E-state index in [0.29, 0.717) is 6.29 Å². The van der Waals surface area contributed by atoms with Crippen LogP contribution in [0, 0.1) is 11.6 Å². The van der Waals surface area contributed by atoms with E-state index in [-0.39, 0.29) is 17.0 Å². The summed E-state index contributed by atoms with van der Waals surface area (Å²) in [4.78, 5) is 10.3. The van der Waals surface area contributed by atoms with Crippen LogP contribution in [-0.2, 0) is 0 Å². The molecule has 0 bridgehead atoms. The molecule has 1 heterocycles. The molecule has 0 fully saturated rings. The van der Waals surface area contributed by atoms with Gasteiger partial charge in [0.15, 0.2) is 6.29 Å². The zero-order chi connectivity index (χ0) is 11.5. The number of aldehydes is 1. The van der Waals surface area contributed by atoms with E-state index in [4.69, 9.17) is 0 Å². The standard InChI is InChI=1S/C11H6F2N2O/c12-7-1-3-10(13)9(5-7)11-4-2-8(6-16)14-15-11/h1-6H. The quantitative estimate of drug-likeness (QED) is 0.729. The second kappa shape index (κ2) is 4.14. The van der Waals surface area contributed by atoms with E-state index in [0.717, 1.165) is 18.2 Å². The van der Waals surface area contributed by atoms with Gasteiger partial charge in [-0.2, -0.15) is 0 Å². The van der Waals surface area contributed by atoms with Gasteiger partial charge in [-0.05, 0) is 30.3 Å². The third kappa shape index (κ3) is 1.93. The Labute approximate surface area is 89.8 Å². The molecule has 0 aliphatic rings. The maximum atomic E-state index is 13.3. The summed E-state index contributed by atoms with van der Waals surface area (Å²) in [6.45, 7) is 0. The van der Waals surface area contributed by atoms with E-state index >= 15 is 0 Å². The van der Waals surface area contributed by atoms with Crippen LogP contribution in [0.2, 0.25) is 0 Å². The van der Waals surface area contributed by atoms with Crippen LogP contribution in [0.3, 0.4) is 0 Å². The number of carbonyl (C=O) groups is 1. The second-order valence-electron chi connectivity index (χ2n) is 3.09. The van der Waals surface area contributed by atoms with Gasteiger partial charge in [-0.1, -0.05) is 0 Å². The molecular weight excluding hydrogens is 214 g/mol.